The van der Waals surface area contributed by atoms with Crippen molar-refractivity contribution in [1.82, 2.24) is 5.32 Å². The maximum Gasteiger partial charge on any atom is 0.196 e. The lowest BCUT2D eigenvalue weighted by molar-refractivity contribution is 0.384. The first-order valence-electron chi connectivity index (χ1n) is 6.21. The fourth-order valence-electron chi connectivity index (χ4n) is 2.59. The first-order valence-corrected chi connectivity index (χ1v) is 8.61. The van der Waals surface area contributed by atoms with E-state index in [4.69, 9.17) is 4.99 Å². The molecule has 1 aromatic rings. The Bertz CT molecular complexity index is 498. The Balaban J connectivity index is 1.77. The van der Waals surface area contributed by atoms with E-state index in [1.807, 2.05) is 0 Å². The number of thiophene rings is 1. The first kappa shape index (κ1) is 12.9. The minimum atomic E-state index is 0.474. The topological polar surface area (TPSA) is 36.4 Å². The normalized spacial score (nSPS) is 26.5. The second-order valence-electron chi connectivity index (χ2n) is 4.85. The van der Waals surface area contributed by atoms with Gasteiger partial charge in [-0.05, 0) is 57.2 Å². The van der Waals surface area contributed by atoms with Crippen LogP contribution in [0, 0.1) is 6.92 Å². The number of hydrogen-bond acceptors (Lipinski definition) is 4. The molecule has 0 spiro atoms. The third kappa shape index (κ3) is 2.34. The molecule has 2 aliphatic rings. The monoisotopic (exact) mass is 391 g/mol. The summed E-state index contributed by atoms with van der Waals surface area (Å²) in [6.45, 7) is 2.11. The Morgan fingerprint density at radius 3 is 2.72 bits per heavy atom. The van der Waals surface area contributed by atoms with Crippen LogP contribution in [0.1, 0.15) is 31.2 Å². The van der Waals surface area contributed by atoms with E-state index < -0.39 is 0 Å². The molecule has 98 valence electrons. The first-order chi connectivity index (χ1) is 8.65. The number of nitrogens with one attached hydrogen (secondary N) is 2. The van der Waals surface area contributed by atoms with Crippen LogP contribution in [-0.4, -0.2) is 18.0 Å². The van der Waals surface area contributed by atoms with Gasteiger partial charge >= 0.3 is 0 Å². The lowest BCUT2D eigenvalue weighted by atomic mass is 9.92. The minimum Gasteiger partial charge on any atom is -0.351 e. The number of halogens is 2. The van der Waals surface area contributed by atoms with Crippen molar-refractivity contribution >= 4 is 54.8 Å². The van der Waals surface area contributed by atoms with Gasteiger partial charge in [0.1, 0.15) is 0 Å². The van der Waals surface area contributed by atoms with Crippen LogP contribution < -0.4 is 10.6 Å². The molecular formula is C12H15Br2N3S. The summed E-state index contributed by atoms with van der Waals surface area (Å²) in [5, 5.41) is 6.94. The van der Waals surface area contributed by atoms with Gasteiger partial charge in [0.05, 0.1) is 25.3 Å². The highest BCUT2D eigenvalue weighted by Gasteiger charge is 2.31. The van der Waals surface area contributed by atoms with E-state index >= 15 is 0 Å². The molecule has 2 N–H and O–H groups in total. The van der Waals surface area contributed by atoms with Crippen LogP contribution in [0.15, 0.2) is 12.6 Å². The number of hydrogen-bond donors (Lipinski definition) is 2. The third-order valence-electron chi connectivity index (χ3n) is 3.64. The van der Waals surface area contributed by atoms with E-state index in [0.29, 0.717) is 12.1 Å². The van der Waals surface area contributed by atoms with Gasteiger partial charge in [-0.25, -0.2) is 4.99 Å². The van der Waals surface area contributed by atoms with E-state index in [0.717, 1.165) is 19.2 Å². The molecule has 1 saturated carbocycles. The maximum atomic E-state index is 4.76. The molecule has 6 heteroatoms. The highest BCUT2D eigenvalue weighted by Crippen LogP contribution is 2.40. The van der Waals surface area contributed by atoms with Gasteiger partial charge in [0.25, 0.3) is 0 Å². The average molecular weight is 393 g/mol. The van der Waals surface area contributed by atoms with Gasteiger partial charge in [-0.1, -0.05) is 12.8 Å². The van der Waals surface area contributed by atoms with Gasteiger partial charge in [0.15, 0.2) is 5.96 Å². The van der Waals surface area contributed by atoms with Crippen LogP contribution in [0.2, 0.25) is 0 Å². The summed E-state index contributed by atoms with van der Waals surface area (Å²) in [5.74, 6) is 0.931. The molecule has 1 fully saturated rings. The molecule has 3 rings (SSSR count). The van der Waals surface area contributed by atoms with Crippen LogP contribution in [0.4, 0.5) is 5.69 Å². The van der Waals surface area contributed by atoms with Gasteiger partial charge in [-0.2, -0.15) is 0 Å². The number of anilines is 1. The van der Waals surface area contributed by atoms with Crippen molar-refractivity contribution < 1.29 is 0 Å². The van der Waals surface area contributed by atoms with E-state index in [-0.39, 0.29) is 0 Å². The van der Waals surface area contributed by atoms with E-state index in [2.05, 4.69) is 49.4 Å². The lowest BCUT2D eigenvalue weighted by Gasteiger charge is -2.23. The van der Waals surface area contributed by atoms with Crippen LogP contribution in [0.5, 0.6) is 0 Å². The minimum absolute atomic E-state index is 0.474. The molecule has 1 aromatic heterocycles. The SMILES string of the molecule is Cc1c(Br)sc(Br)c1NC1=NC2CCCCC2N1. The molecule has 1 aliphatic heterocycles. The van der Waals surface area contributed by atoms with Gasteiger partial charge in [0, 0.05) is 0 Å². The van der Waals surface area contributed by atoms with Gasteiger partial charge in [-0.15, -0.1) is 11.3 Å². The summed E-state index contributed by atoms with van der Waals surface area (Å²) < 4.78 is 2.28. The lowest BCUT2D eigenvalue weighted by Crippen LogP contribution is -2.38. The zero-order valence-corrected chi connectivity index (χ0v) is 14.1. The van der Waals surface area contributed by atoms with Crippen molar-refractivity contribution in [3.63, 3.8) is 0 Å². The summed E-state index contributed by atoms with van der Waals surface area (Å²) in [7, 11) is 0. The Morgan fingerprint density at radius 1 is 1.28 bits per heavy atom. The van der Waals surface area contributed by atoms with E-state index in [1.54, 1.807) is 11.3 Å². The summed E-state index contributed by atoms with van der Waals surface area (Å²) >= 11 is 8.85. The fraction of sp³-hybridized carbons (Fsp3) is 0.583. The van der Waals surface area contributed by atoms with Crippen LogP contribution in [-0.2, 0) is 0 Å². The summed E-state index contributed by atoms with van der Waals surface area (Å²) in [6.07, 6.45) is 5.10. The molecular weight excluding hydrogens is 378 g/mol. The smallest absolute Gasteiger partial charge is 0.196 e. The molecule has 18 heavy (non-hydrogen) atoms. The third-order valence-corrected chi connectivity index (χ3v) is 6.47. The largest absolute Gasteiger partial charge is 0.351 e. The second-order valence-corrected chi connectivity index (χ2v) is 8.51. The molecule has 2 atom stereocenters. The van der Waals surface area contributed by atoms with E-state index in [1.165, 1.54) is 31.2 Å². The molecule has 0 aromatic carbocycles. The van der Waals surface area contributed by atoms with Crippen molar-refractivity contribution in [2.24, 2.45) is 4.99 Å². The summed E-state index contributed by atoms with van der Waals surface area (Å²) in [5.41, 5.74) is 2.35. The van der Waals surface area contributed by atoms with Crippen molar-refractivity contribution in [3.8, 4) is 0 Å². The second kappa shape index (κ2) is 5.13. The number of aliphatic imine (C=N–C) groups is 1. The number of fused-ring (bicyclic) bond motifs is 1. The average Bonchev–Trinajstić information content (AvgIpc) is 2.86. The number of nitrogens with zero attached hydrogens (tertiary/aromatic N) is 1. The maximum absolute atomic E-state index is 4.76. The van der Waals surface area contributed by atoms with E-state index in [9.17, 15) is 0 Å². The summed E-state index contributed by atoms with van der Waals surface area (Å²) in [6, 6.07) is 1.02. The Kier molecular flexibility index (Phi) is 3.69. The van der Waals surface area contributed by atoms with Crippen molar-refractivity contribution in [2.75, 3.05) is 5.32 Å². The molecule has 0 saturated heterocycles. The summed E-state index contributed by atoms with van der Waals surface area (Å²) in [4.78, 5) is 4.76. The highest BCUT2D eigenvalue weighted by molar-refractivity contribution is 9.12. The molecule has 0 radical (unpaired) electrons. The van der Waals surface area contributed by atoms with Crippen LogP contribution in [0.25, 0.3) is 0 Å². The Hall–Kier alpha value is -0.0700. The zero-order valence-electron chi connectivity index (χ0n) is 10.1. The molecule has 1 aliphatic carbocycles. The highest BCUT2D eigenvalue weighted by atomic mass is 79.9. The van der Waals surface area contributed by atoms with Crippen molar-refractivity contribution in [1.29, 1.82) is 0 Å². The number of guanidine groups is 1. The van der Waals surface area contributed by atoms with Crippen molar-refractivity contribution in [3.05, 3.63) is 13.1 Å². The van der Waals surface area contributed by atoms with Crippen molar-refractivity contribution in [2.45, 2.75) is 44.7 Å². The van der Waals surface area contributed by atoms with Gasteiger partial charge in [0.2, 0.25) is 0 Å². The van der Waals surface area contributed by atoms with Gasteiger partial charge < -0.3 is 10.6 Å². The Morgan fingerprint density at radius 2 is 2.06 bits per heavy atom. The standard InChI is InChI=1S/C12H15Br2N3S/c1-6-9(11(14)18-10(6)13)17-12-15-7-4-2-3-5-8(7)16-12/h7-8H,2-5H2,1H3,(H2,15,16,17). The van der Waals surface area contributed by atoms with Crippen LogP contribution in [0.3, 0.4) is 0 Å². The predicted octanol–water partition coefficient (Wildman–Crippen LogP) is 4.26. The molecule has 2 heterocycles. The molecule has 2 unspecified atom stereocenters. The quantitative estimate of drug-likeness (QED) is 0.748. The molecule has 0 amide bonds. The molecule has 0 bridgehead atoms. The molecule has 3 nitrogen and oxygen atoms in total. The number of rotatable bonds is 1. The van der Waals surface area contributed by atoms with Gasteiger partial charge in [-0.3, -0.25) is 0 Å². The fourth-order valence-corrected chi connectivity index (χ4v) is 5.53. The predicted molar refractivity (Wildman–Crippen MR) is 84.7 cm³/mol. The zero-order chi connectivity index (χ0) is 12.7. The van der Waals surface area contributed by atoms with Crippen LogP contribution >= 0.6 is 43.2 Å². The Labute approximate surface area is 128 Å².